The molecule has 0 aliphatic rings. The van der Waals surface area contributed by atoms with Crippen LogP contribution < -0.4 is 5.32 Å². The molecule has 0 aromatic heterocycles. The molecule has 0 heterocycles. The maximum absolute atomic E-state index is 12.5. The lowest BCUT2D eigenvalue weighted by Gasteiger charge is -2.20. The molecule has 73 heavy (non-hydrogen) atoms. The lowest BCUT2D eigenvalue weighted by molar-refractivity contribution is -0.143. The SMILES string of the molecule is CCCCC/C=C\C/C=C\CCCCCCCCCC(=O)OCCCCCCCCCCCCCC/C=C\CCCCCCCCCCCCC(=O)NC(CO)C(O)/C=C/CCCCCCCCCCCCC. The minimum atomic E-state index is -0.845. The third-order valence-corrected chi connectivity index (χ3v) is 14.8. The van der Waals surface area contributed by atoms with Crippen LogP contribution in [0.2, 0.25) is 0 Å². The maximum Gasteiger partial charge on any atom is 0.305 e. The van der Waals surface area contributed by atoms with E-state index < -0.39 is 12.1 Å². The third kappa shape index (κ3) is 58.9. The van der Waals surface area contributed by atoms with Gasteiger partial charge in [-0.1, -0.05) is 287 Å². The highest BCUT2D eigenvalue weighted by molar-refractivity contribution is 5.76. The predicted molar refractivity (Wildman–Crippen MR) is 319 cm³/mol. The normalized spacial score (nSPS) is 12.9. The van der Waals surface area contributed by atoms with Crippen LogP contribution in [0.1, 0.15) is 341 Å². The largest absolute Gasteiger partial charge is 0.466 e. The fourth-order valence-electron chi connectivity index (χ4n) is 9.84. The first-order valence-corrected chi connectivity index (χ1v) is 32.4. The second kappa shape index (κ2) is 62.4. The summed E-state index contributed by atoms with van der Waals surface area (Å²) in [6.45, 7) is 4.88. The van der Waals surface area contributed by atoms with Gasteiger partial charge < -0.3 is 20.3 Å². The number of rotatable bonds is 60. The Labute approximate surface area is 455 Å². The zero-order valence-corrected chi connectivity index (χ0v) is 48.9. The van der Waals surface area contributed by atoms with Crippen molar-refractivity contribution in [3.63, 3.8) is 0 Å². The van der Waals surface area contributed by atoms with Gasteiger partial charge in [0.2, 0.25) is 5.91 Å². The van der Waals surface area contributed by atoms with Crippen molar-refractivity contribution in [1.29, 1.82) is 0 Å². The van der Waals surface area contributed by atoms with Gasteiger partial charge in [0.1, 0.15) is 0 Å². The first-order valence-electron chi connectivity index (χ1n) is 32.4. The smallest absolute Gasteiger partial charge is 0.305 e. The van der Waals surface area contributed by atoms with E-state index in [4.69, 9.17) is 4.74 Å². The molecule has 3 N–H and O–H groups in total. The van der Waals surface area contributed by atoms with E-state index in [0.29, 0.717) is 19.4 Å². The summed E-state index contributed by atoms with van der Waals surface area (Å²) >= 11 is 0. The number of carbonyl (C=O) groups excluding carboxylic acids is 2. The van der Waals surface area contributed by atoms with Crippen molar-refractivity contribution in [2.45, 2.75) is 353 Å². The van der Waals surface area contributed by atoms with Gasteiger partial charge in [-0.25, -0.2) is 0 Å². The highest BCUT2D eigenvalue weighted by atomic mass is 16.5. The van der Waals surface area contributed by atoms with Gasteiger partial charge in [0.15, 0.2) is 0 Å². The molecule has 0 fully saturated rings. The van der Waals surface area contributed by atoms with Gasteiger partial charge in [-0.05, 0) is 89.9 Å². The van der Waals surface area contributed by atoms with Gasteiger partial charge in [-0.3, -0.25) is 9.59 Å². The molecule has 0 aromatic rings. The highest BCUT2D eigenvalue weighted by Gasteiger charge is 2.18. The van der Waals surface area contributed by atoms with Crippen molar-refractivity contribution in [2.24, 2.45) is 0 Å². The molecule has 0 saturated carbocycles. The Kier molecular flexibility index (Phi) is 60.5. The summed E-state index contributed by atoms with van der Waals surface area (Å²) in [6.07, 6.45) is 80.2. The fourth-order valence-corrected chi connectivity index (χ4v) is 9.84. The molecular weight excluding hydrogens is 899 g/mol. The molecule has 0 bridgehead atoms. The molecule has 0 aliphatic carbocycles. The number of nitrogens with one attached hydrogen (secondary N) is 1. The van der Waals surface area contributed by atoms with Gasteiger partial charge in [0.25, 0.3) is 0 Å². The number of aliphatic hydroxyl groups excluding tert-OH is 2. The maximum atomic E-state index is 12.5. The molecule has 0 radical (unpaired) electrons. The van der Waals surface area contributed by atoms with E-state index >= 15 is 0 Å². The molecule has 6 nitrogen and oxygen atoms in total. The molecule has 0 saturated heterocycles. The van der Waals surface area contributed by atoms with E-state index in [9.17, 15) is 19.8 Å². The molecule has 2 atom stereocenters. The first-order chi connectivity index (χ1) is 36.0. The van der Waals surface area contributed by atoms with E-state index in [1.54, 1.807) is 6.08 Å². The molecular formula is C67H125NO5. The Bertz CT molecular complexity index is 1230. The van der Waals surface area contributed by atoms with Gasteiger partial charge in [-0.2, -0.15) is 0 Å². The number of aliphatic hydroxyl groups is 2. The predicted octanol–water partition coefficient (Wildman–Crippen LogP) is 20.5. The van der Waals surface area contributed by atoms with E-state index in [1.807, 2.05) is 6.08 Å². The minimum absolute atomic E-state index is 0.00592. The number of allylic oxidation sites excluding steroid dienone is 7. The van der Waals surface area contributed by atoms with Crippen molar-refractivity contribution in [3.8, 4) is 0 Å². The summed E-state index contributed by atoms with van der Waals surface area (Å²) < 4.78 is 5.49. The minimum Gasteiger partial charge on any atom is -0.466 e. The zero-order chi connectivity index (χ0) is 52.9. The molecule has 6 heteroatoms. The number of ether oxygens (including phenoxy) is 1. The Morgan fingerprint density at radius 3 is 1.08 bits per heavy atom. The van der Waals surface area contributed by atoms with Gasteiger partial charge >= 0.3 is 5.97 Å². The second-order valence-electron chi connectivity index (χ2n) is 22.1. The third-order valence-electron chi connectivity index (χ3n) is 14.8. The van der Waals surface area contributed by atoms with Crippen molar-refractivity contribution >= 4 is 11.9 Å². The molecule has 428 valence electrons. The van der Waals surface area contributed by atoms with Gasteiger partial charge in [0.05, 0.1) is 25.4 Å². The summed E-state index contributed by atoms with van der Waals surface area (Å²) in [6, 6.07) is -0.629. The Balaban J connectivity index is 3.40. The Hall–Kier alpha value is -2.18. The number of hydrogen-bond acceptors (Lipinski definition) is 5. The number of esters is 1. The van der Waals surface area contributed by atoms with Crippen LogP contribution in [-0.2, 0) is 14.3 Å². The number of amides is 1. The monoisotopic (exact) mass is 1020 g/mol. The van der Waals surface area contributed by atoms with Crippen molar-refractivity contribution in [2.75, 3.05) is 13.2 Å². The quantitative estimate of drug-likeness (QED) is 0.0320. The van der Waals surface area contributed by atoms with Crippen molar-refractivity contribution in [1.82, 2.24) is 5.32 Å². The van der Waals surface area contributed by atoms with Crippen molar-refractivity contribution in [3.05, 3.63) is 48.6 Å². The van der Waals surface area contributed by atoms with Crippen LogP contribution in [-0.4, -0.2) is 47.4 Å². The van der Waals surface area contributed by atoms with E-state index in [0.717, 1.165) is 51.4 Å². The number of unbranched alkanes of at least 4 members (excludes halogenated alkanes) is 43. The first kappa shape index (κ1) is 70.8. The molecule has 2 unspecified atom stereocenters. The summed E-state index contributed by atoms with van der Waals surface area (Å²) in [5.74, 6) is -0.0639. The molecule has 0 spiro atoms. The standard InChI is InChI=1S/C67H125NO5/c1-3-5-7-9-11-13-15-17-18-29-33-37-41-45-49-53-57-61-67(72)73-62-58-54-50-46-42-38-34-31-28-26-24-22-20-19-21-23-25-27-30-32-36-40-44-48-52-56-60-66(71)68-64(63-69)65(70)59-55-51-47-43-39-35-16-14-12-10-8-6-4-2/h11,13,17-19,21,55,59,64-65,69-70H,3-10,12,14-16,20,22-54,56-58,60-63H2,1-2H3,(H,68,71)/b13-11-,18-17-,21-19-,59-55+. The lowest BCUT2D eigenvalue weighted by atomic mass is 10.0. The molecule has 1 amide bonds. The van der Waals surface area contributed by atoms with Crippen molar-refractivity contribution < 1.29 is 24.5 Å². The van der Waals surface area contributed by atoms with E-state index in [1.165, 1.54) is 263 Å². The van der Waals surface area contributed by atoms with Crippen LogP contribution in [0.3, 0.4) is 0 Å². The summed E-state index contributed by atoms with van der Waals surface area (Å²) in [7, 11) is 0. The Morgan fingerprint density at radius 1 is 0.384 bits per heavy atom. The number of carbonyl (C=O) groups is 2. The molecule has 0 aliphatic heterocycles. The van der Waals surface area contributed by atoms with Crippen LogP contribution in [0.4, 0.5) is 0 Å². The van der Waals surface area contributed by atoms with Crippen LogP contribution in [0.5, 0.6) is 0 Å². The lowest BCUT2D eigenvalue weighted by Crippen LogP contribution is -2.45. The summed E-state index contributed by atoms with van der Waals surface area (Å²) in [5.41, 5.74) is 0. The van der Waals surface area contributed by atoms with Gasteiger partial charge in [-0.15, -0.1) is 0 Å². The highest BCUT2D eigenvalue weighted by Crippen LogP contribution is 2.17. The summed E-state index contributed by atoms with van der Waals surface area (Å²) in [5, 5.41) is 23.1. The number of hydrogen-bond donors (Lipinski definition) is 3. The van der Waals surface area contributed by atoms with E-state index in [2.05, 4.69) is 55.6 Å². The summed E-state index contributed by atoms with van der Waals surface area (Å²) in [4.78, 5) is 24.5. The van der Waals surface area contributed by atoms with Crippen LogP contribution in [0, 0.1) is 0 Å². The zero-order valence-electron chi connectivity index (χ0n) is 48.9. The van der Waals surface area contributed by atoms with Crippen LogP contribution >= 0.6 is 0 Å². The molecule has 0 rings (SSSR count). The second-order valence-corrected chi connectivity index (χ2v) is 22.1. The fraction of sp³-hybridized carbons (Fsp3) is 0.851. The van der Waals surface area contributed by atoms with Gasteiger partial charge in [0, 0.05) is 12.8 Å². The molecule has 0 aromatic carbocycles. The van der Waals surface area contributed by atoms with Crippen LogP contribution in [0.25, 0.3) is 0 Å². The van der Waals surface area contributed by atoms with E-state index in [-0.39, 0.29) is 18.5 Å². The average Bonchev–Trinajstić information content (AvgIpc) is 3.39. The topological polar surface area (TPSA) is 95.9 Å². The Morgan fingerprint density at radius 2 is 0.685 bits per heavy atom. The van der Waals surface area contributed by atoms with Crippen LogP contribution in [0.15, 0.2) is 48.6 Å². The average molecular weight is 1020 g/mol.